The molecule has 0 unspecified atom stereocenters. The molecule has 1 aromatic heterocycles. The highest BCUT2D eigenvalue weighted by molar-refractivity contribution is 5.77. The number of amides is 1. The summed E-state index contributed by atoms with van der Waals surface area (Å²) in [4.78, 5) is 20.3. The standard InChI is InChI=1S/C13H23N5O2/c1-10(2)13-14-11(15-16-13)8-17-4-6-18(7-5-17)12(19)9-20-3/h10H,4-9H2,1-3H3,(H,14,15,16). The lowest BCUT2D eigenvalue weighted by molar-refractivity contribution is -0.136. The van der Waals surface area contributed by atoms with Crippen molar-refractivity contribution in [3.05, 3.63) is 11.6 Å². The smallest absolute Gasteiger partial charge is 0.248 e. The number of ether oxygens (including phenoxy) is 1. The Hall–Kier alpha value is -1.47. The number of methoxy groups -OCH3 is 1. The number of hydrogen-bond donors (Lipinski definition) is 1. The number of H-pyrrole nitrogens is 1. The van der Waals surface area contributed by atoms with Gasteiger partial charge in [0.1, 0.15) is 12.4 Å². The van der Waals surface area contributed by atoms with Crippen LogP contribution in [0.1, 0.15) is 31.4 Å². The van der Waals surface area contributed by atoms with Gasteiger partial charge < -0.3 is 9.64 Å². The average molecular weight is 281 g/mol. The van der Waals surface area contributed by atoms with Crippen LogP contribution < -0.4 is 0 Å². The predicted molar refractivity (Wildman–Crippen MR) is 74.2 cm³/mol. The molecule has 0 aliphatic carbocycles. The molecule has 1 aliphatic rings. The van der Waals surface area contributed by atoms with Crippen LogP contribution >= 0.6 is 0 Å². The molecular formula is C13H23N5O2. The normalized spacial score (nSPS) is 16.9. The van der Waals surface area contributed by atoms with E-state index in [1.165, 1.54) is 0 Å². The van der Waals surface area contributed by atoms with Crippen LogP contribution in [0.2, 0.25) is 0 Å². The highest BCUT2D eigenvalue weighted by Crippen LogP contribution is 2.10. The molecule has 20 heavy (non-hydrogen) atoms. The van der Waals surface area contributed by atoms with Crippen molar-refractivity contribution in [2.24, 2.45) is 0 Å². The lowest BCUT2D eigenvalue weighted by Gasteiger charge is -2.34. The van der Waals surface area contributed by atoms with E-state index in [1.54, 1.807) is 7.11 Å². The van der Waals surface area contributed by atoms with Crippen molar-refractivity contribution in [2.75, 3.05) is 39.9 Å². The molecule has 0 saturated carbocycles. The van der Waals surface area contributed by atoms with Crippen LogP contribution in [0.4, 0.5) is 0 Å². The summed E-state index contributed by atoms with van der Waals surface area (Å²) in [6, 6.07) is 0. The van der Waals surface area contributed by atoms with Gasteiger partial charge in [-0.05, 0) is 0 Å². The molecule has 1 N–H and O–H groups in total. The molecule has 0 radical (unpaired) electrons. The van der Waals surface area contributed by atoms with E-state index in [1.807, 2.05) is 4.90 Å². The fraction of sp³-hybridized carbons (Fsp3) is 0.769. The highest BCUT2D eigenvalue weighted by Gasteiger charge is 2.21. The van der Waals surface area contributed by atoms with Crippen LogP contribution in [-0.4, -0.2) is 70.8 Å². The van der Waals surface area contributed by atoms with E-state index in [-0.39, 0.29) is 12.5 Å². The maximum atomic E-state index is 11.7. The lowest BCUT2D eigenvalue weighted by Crippen LogP contribution is -2.49. The molecule has 2 rings (SSSR count). The Morgan fingerprint density at radius 3 is 2.60 bits per heavy atom. The van der Waals surface area contributed by atoms with Crippen LogP contribution in [0.25, 0.3) is 0 Å². The van der Waals surface area contributed by atoms with Crippen molar-refractivity contribution in [3.8, 4) is 0 Å². The second-order valence-corrected chi connectivity index (χ2v) is 5.38. The first-order valence-corrected chi connectivity index (χ1v) is 7.00. The Kier molecular flexibility index (Phi) is 5.08. The van der Waals surface area contributed by atoms with Crippen LogP contribution in [0.3, 0.4) is 0 Å². The van der Waals surface area contributed by atoms with Gasteiger partial charge in [0, 0.05) is 39.2 Å². The first-order chi connectivity index (χ1) is 9.60. The third-order valence-corrected chi connectivity index (χ3v) is 3.43. The summed E-state index contributed by atoms with van der Waals surface area (Å²) >= 11 is 0. The Balaban J connectivity index is 1.80. The van der Waals surface area contributed by atoms with Crippen molar-refractivity contribution in [1.82, 2.24) is 25.0 Å². The fourth-order valence-corrected chi connectivity index (χ4v) is 2.22. The maximum Gasteiger partial charge on any atom is 0.248 e. The van der Waals surface area contributed by atoms with E-state index in [2.05, 4.69) is 33.9 Å². The summed E-state index contributed by atoms with van der Waals surface area (Å²) in [6.45, 7) is 8.27. The zero-order chi connectivity index (χ0) is 14.5. The number of piperazine rings is 1. The summed E-state index contributed by atoms with van der Waals surface area (Å²) in [5.41, 5.74) is 0. The van der Waals surface area contributed by atoms with E-state index in [4.69, 9.17) is 4.74 Å². The molecule has 1 fully saturated rings. The van der Waals surface area contributed by atoms with Gasteiger partial charge in [-0.25, -0.2) is 4.98 Å². The number of rotatable bonds is 5. The molecule has 0 bridgehead atoms. The zero-order valence-corrected chi connectivity index (χ0v) is 12.4. The van der Waals surface area contributed by atoms with Crippen molar-refractivity contribution >= 4 is 5.91 Å². The Labute approximate surface area is 119 Å². The molecule has 1 saturated heterocycles. The molecule has 1 amide bonds. The SMILES string of the molecule is COCC(=O)N1CCN(Cc2nc(C(C)C)n[nH]2)CC1. The predicted octanol–water partition coefficient (Wildman–Crippen LogP) is 0.219. The topological polar surface area (TPSA) is 74.3 Å². The summed E-state index contributed by atoms with van der Waals surface area (Å²) in [5.74, 6) is 2.15. The van der Waals surface area contributed by atoms with Gasteiger partial charge in [-0.2, -0.15) is 5.10 Å². The molecule has 7 heteroatoms. The number of nitrogens with zero attached hydrogens (tertiary/aromatic N) is 4. The molecule has 112 valence electrons. The van der Waals surface area contributed by atoms with Gasteiger partial charge in [-0.1, -0.05) is 13.8 Å². The van der Waals surface area contributed by atoms with E-state index in [9.17, 15) is 4.79 Å². The van der Waals surface area contributed by atoms with Gasteiger partial charge in [0.15, 0.2) is 5.82 Å². The molecule has 7 nitrogen and oxygen atoms in total. The number of aromatic amines is 1. The molecule has 0 atom stereocenters. The number of carbonyl (C=O) groups excluding carboxylic acids is 1. The second-order valence-electron chi connectivity index (χ2n) is 5.38. The number of hydrogen-bond acceptors (Lipinski definition) is 5. The quantitative estimate of drug-likeness (QED) is 0.835. The summed E-state index contributed by atoms with van der Waals surface area (Å²) in [6.07, 6.45) is 0. The molecule has 0 aromatic carbocycles. The number of carbonyl (C=O) groups is 1. The van der Waals surface area contributed by atoms with Crippen LogP contribution in [0.15, 0.2) is 0 Å². The summed E-state index contributed by atoms with van der Waals surface area (Å²) in [5, 5.41) is 7.19. The van der Waals surface area contributed by atoms with E-state index in [0.717, 1.165) is 44.4 Å². The van der Waals surface area contributed by atoms with Crippen LogP contribution in [0, 0.1) is 0 Å². The van der Waals surface area contributed by atoms with Gasteiger partial charge in [-0.15, -0.1) is 0 Å². The van der Waals surface area contributed by atoms with Gasteiger partial charge in [0.05, 0.1) is 6.54 Å². The largest absolute Gasteiger partial charge is 0.375 e. The molecular weight excluding hydrogens is 258 g/mol. The van der Waals surface area contributed by atoms with E-state index >= 15 is 0 Å². The van der Waals surface area contributed by atoms with E-state index in [0.29, 0.717) is 5.92 Å². The highest BCUT2D eigenvalue weighted by atomic mass is 16.5. The number of aromatic nitrogens is 3. The van der Waals surface area contributed by atoms with Gasteiger partial charge in [0.2, 0.25) is 5.91 Å². The van der Waals surface area contributed by atoms with Crippen molar-refractivity contribution in [3.63, 3.8) is 0 Å². The minimum Gasteiger partial charge on any atom is -0.375 e. The summed E-state index contributed by atoms with van der Waals surface area (Å²) < 4.78 is 4.88. The van der Waals surface area contributed by atoms with Crippen molar-refractivity contribution in [1.29, 1.82) is 0 Å². The summed E-state index contributed by atoms with van der Waals surface area (Å²) in [7, 11) is 1.55. The monoisotopic (exact) mass is 281 g/mol. The minimum absolute atomic E-state index is 0.0638. The number of nitrogens with one attached hydrogen (secondary N) is 1. The van der Waals surface area contributed by atoms with Crippen molar-refractivity contribution in [2.45, 2.75) is 26.3 Å². The molecule has 1 aliphatic heterocycles. The third-order valence-electron chi connectivity index (χ3n) is 3.43. The Bertz CT molecular complexity index is 438. The fourth-order valence-electron chi connectivity index (χ4n) is 2.22. The molecule has 1 aromatic rings. The lowest BCUT2D eigenvalue weighted by atomic mass is 10.2. The zero-order valence-electron chi connectivity index (χ0n) is 12.4. The average Bonchev–Trinajstić information content (AvgIpc) is 2.88. The van der Waals surface area contributed by atoms with Gasteiger partial charge in [-0.3, -0.25) is 14.8 Å². The second kappa shape index (κ2) is 6.81. The van der Waals surface area contributed by atoms with Crippen LogP contribution in [-0.2, 0) is 16.1 Å². The Morgan fingerprint density at radius 2 is 2.05 bits per heavy atom. The van der Waals surface area contributed by atoms with Crippen molar-refractivity contribution < 1.29 is 9.53 Å². The first kappa shape index (κ1) is 14.9. The molecule has 0 spiro atoms. The maximum absolute atomic E-state index is 11.7. The van der Waals surface area contributed by atoms with Gasteiger partial charge in [0.25, 0.3) is 0 Å². The third kappa shape index (κ3) is 3.77. The Morgan fingerprint density at radius 1 is 1.35 bits per heavy atom. The molecule has 2 heterocycles. The van der Waals surface area contributed by atoms with E-state index < -0.39 is 0 Å². The van der Waals surface area contributed by atoms with Gasteiger partial charge >= 0.3 is 0 Å². The van der Waals surface area contributed by atoms with Crippen LogP contribution in [0.5, 0.6) is 0 Å². The minimum atomic E-state index is 0.0638. The first-order valence-electron chi connectivity index (χ1n) is 7.00.